The van der Waals surface area contributed by atoms with E-state index in [0.717, 1.165) is 34.1 Å². The van der Waals surface area contributed by atoms with Crippen LogP contribution in [0.25, 0.3) is 10.2 Å². The van der Waals surface area contributed by atoms with Crippen molar-refractivity contribution in [3.63, 3.8) is 0 Å². The molecule has 0 atom stereocenters. The van der Waals surface area contributed by atoms with Crippen molar-refractivity contribution in [3.8, 4) is 17.2 Å². The van der Waals surface area contributed by atoms with E-state index in [0.29, 0.717) is 11.0 Å². The number of hydrogen-bond acceptors (Lipinski definition) is 5. The maximum atomic E-state index is 5.99. The number of nitrogen functional groups attached to an aromatic ring is 1. The molecule has 4 rings (SSSR count). The van der Waals surface area contributed by atoms with Crippen LogP contribution in [0.5, 0.6) is 17.2 Å². The first-order valence-corrected chi connectivity index (χ1v) is 8.15. The van der Waals surface area contributed by atoms with Crippen molar-refractivity contribution in [2.24, 2.45) is 5.92 Å². The van der Waals surface area contributed by atoms with Crippen molar-refractivity contribution in [1.29, 1.82) is 0 Å². The van der Waals surface area contributed by atoms with Gasteiger partial charge in [-0.3, -0.25) is 0 Å². The van der Waals surface area contributed by atoms with E-state index in [1.54, 1.807) is 0 Å². The molecule has 0 aliphatic heterocycles. The first-order chi connectivity index (χ1) is 10.8. The maximum absolute atomic E-state index is 5.99. The van der Waals surface area contributed by atoms with Crippen molar-refractivity contribution in [3.05, 3.63) is 42.5 Å². The Morgan fingerprint density at radius 3 is 2.77 bits per heavy atom. The molecule has 2 N–H and O–H groups in total. The van der Waals surface area contributed by atoms with Gasteiger partial charge < -0.3 is 15.2 Å². The quantitative estimate of drug-likeness (QED) is 0.755. The number of para-hydroxylation sites is 2. The highest BCUT2D eigenvalue weighted by Gasteiger charge is 2.22. The maximum Gasteiger partial charge on any atom is 0.181 e. The van der Waals surface area contributed by atoms with E-state index in [4.69, 9.17) is 15.2 Å². The Morgan fingerprint density at radius 2 is 1.95 bits per heavy atom. The minimum Gasteiger partial charge on any atom is -0.489 e. The first kappa shape index (κ1) is 13.4. The number of rotatable bonds is 5. The highest BCUT2D eigenvalue weighted by molar-refractivity contribution is 7.22. The smallest absolute Gasteiger partial charge is 0.181 e. The van der Waals surface area contributed by atoms with Crippen LogP contribution in [0.3, 0.4) is 0 Å². The van der Waals surface area contributed by atoms with E-state index in [1.807, 2.05) is 42.5 Å². The van der Waals surface area contributed by atoms with Gasteiger partial charge in [-0.2, -0.15) is 0 Å². The van der Waals surface area contributed by atoms with Crippen LogP contribution in [0.15, 0.2) is 42.5 Å². The molecular formula is C17H16N2O2S. The molecule has 1 saturated carbocycles. The van der Waals surface area contributed by atoms with Crippen LogP contribution in [0.2, 0.25) is 0 Å². The molecule has 0 bridgehead atoms. The van der Waals surface area contributed by atoms with Crippen molar-refractivity contribution in [1.82, 2.24) is 4.98 Å². The lowest BCUT2D eigenvalue weighted by Gasteiger charge is -2.12. The van der Waals surface area contributed by atoms with Crippen molar-refractivity contribution >= 4 is 26.7 Å². The molecule has 0 saturated heterocycles. The molecule has 4 nitrogen and oxygen atoms in total. The summed E-state index contributed by atoms with van der Waals surface area (Å²) < 4.78 is 12.9. The largest absolute Gasteiger partial charge is 0.489 e. The van der Waals surface area contributed by atoms with E-state index in [1.165, 1.54) is 24.2 Å². The molecule has 22 heavy (non-hydrogen) atoms. The van der Waals surface area contributed by atoms with Gasteiger partial charge in [0.1, 0.15) is 5.75 Å². The van der Waals surface area contributed by atoms with Crippen molar-refractivity contribution in [2.45, 2.75) is 12.8 Å². The van der Waals surface area contributed by atoms with E-state index in [-0.39, 0.29) is 0 Å². The van der Waals surface area contributed by atoms with E-state index >= 15 is 0 Å². The fourth-order valence-corrected chi connectivity index (χ4v) is 3.02. The lowest BCUT2D eigenvalue weighted by Crippen LogP contribution is -2.00. The van der Waals surface area contributed by atoms with Gasteiger partial charge in [-0.15, -0.1) is 0 Å². The van der Waals surface area contributed by atoms with Crippen LogP contribution in [-0.4, -0.2) is 11.6 Å². The van der Waals surface area contributed by atoms with Crippen LogP contribution in [0, 0.1) is 5.92 Å². The average molecular weight is 312 g/mol. The number of nitrogens with two attached hydrogens (primary N) is 1. The molecule has 0 unspecified atom stereocenters. The highest BCUT2D eigenvalue weighted by Crippen LogP contribution is 2.36. The minimum absolute atomic E-state index is 0.570. The van der Waals surface area contributed by atoms with Crippen molar-refractivity contribution in [2.75, 3.05) is 12.3 Å². The van der Waals surface area contributed by atoms with Gasteiger partial charge in [0.15, 0.2) is 16.6 Å². The molecule has 0 spiro atoms. The summed E-state index contributed by atoms with van der Waals surface area (Å²) in [6.45, 7) is 0.769. The van der Waals surface area contributed by atoms with Crippen LogP contribution in [0.4, 0.5) is 5.13 Å². The fourth-order valence-electron chi connectivity index (χ4n) is 2.26. The molecule has 1 aromatic heterocycles. The zero-order chi connectivity index (χ0) is 14.9. The molecule has 1 aliphatic rings. The predicted octanol–water partition coefficient (Wildman–Crippen LogP) is 4.46. The molecule has 2 aromatic carbocycles. The summed E-state index contributed by atoms with van der Waals surface area (Å²) in [5, 5.41) is 0.570. The van der Waals surface area contributed by atoms with Crippen LogP contribution in [0.1, 0.15) is 12.8 Å². The zero-order valence-corrected chi connectivity index (χ0v) is 12.8. The van der Waals surface area contributed by atoms with E-state index < -0.39 is 0 Å². The van der Waals surface area contributed by atoms with Gasteiger partial charge in [0.25, 0.3) is 0 Å². The van der Waals surface area contributed by atoms with Crippen LogP contribution < -0.4 is 15.2 Å². The number of ether oxygens (including phenoxy) is 2. The van der Waals surface area contributed by atoms with Gasteiger partial charge in [0.05, 0.1) is 16.8 Å². The molecule has 112 valence electrons. The van der Waals surface area contributed by atoms with Gasteiger partial charge in [-0.25, -0.2) is 4.98 Å². The molecule has 0 amide bonds. The van der Waals surface area contributed by atoms with E-state index in [9.17, 15) is 0 Å². The second kappa shape index (κ2) is 5.50. The van der Waals surface area contributed by atoms with Gasteiger partial charge in [-0.05, 0) is 43.0 Å². The third-order valence-electron chi connectivity index (χ3n) is 3.62. The average Bonchev–Trinajstić information content (AvgIpc) is 3.26. The second-order valence-corrected chi connectivity index (χ2v) is 6.55. The number of fused-ring (bicyclic) bond motifs is 1. The highest BCUT2D eigenvalue weighted by atomic mass is 32.1. The summed E-state index contributed by atoms with van der Waals surface area (Å²) in [5.41, 5.74) is 6.63. The second-order valence-electron chi connectivity index (χ2n) is 5.48. The topological polar surface area (TPSA) is 57.4 Å². The third-order valence-corrected chi connectivity index (χ3v) is 4.47. The minimum atomic E-state index is 0.570. The van der Waals surface area contributed by atoms with Gasteiger partial charge in [0, 0.05) is 6.07 Å². The third kappa shape index (κ3) is 2.85. The molecule has 1 fully saturated rings. The van der Waals surface area contributed by atoms with Crippen molar-refractivity contribution < 1.29 is 9.47 Å². The summed E-state index contributed by atoms with van der Waals surface area (Å²) in [4.78, 5) is 4.25. The SMILES string of the molecule is Nc1nc2ccc(Oc3ccccc3OCC3CC3)cc2s1. The lowest BCUT2D eigenvalue weighted by atomic mass is 10.3. The Labute approximate surface area is 132 Å². The molecule has 1 heterocycles. The van der Waals surface area contributed by atoms with Gasteiger partial charge >= 0.3 is 0 Å². The molecule has 5 heteroatoms. The Hall–Kier alpha value is -2.27. The Bertz CT molecular complexity index is 811. The van der Waals surface area contributed by atoms with Gasteiger partial charge in [0.2, 0.25) is 0 Å². The Balaban J connectivity index is 1.57. The number of benzene rings is 2. The summed E-state index contributed by atoms with van der Waals surface area (Å²) in [7, 11) is 0. The molecule has 1 aliphatic carbocycles. The van der Waals surface area contributed by atoms with Crippen LogP contribution in [-0.2, 0) is 0 Å². The first-order valence-electron chi connectivity index (χ1n) is 7.34. The number of anilines is 1. The Kier molecular flexibility index (Phi) is 3.35. The number of hydrogen-bond donors (Lipinski definition) is 1. The number of aromatic nitrogens is 1. The Morgan fingerprint density at radius 1 is 1.14 bits per heavy atom. The summed E-state index contributed by atoms with van der Waals surface area (Å²) >= 11 is 1.46. The standard InChI is InChI=1S/C17H16N2O2S/c18-17-19-13-8-7-12(9-16(13)22-17)21-15-4-2-1-3-14(15)20-10-11-5-6-11/h1-4,7-9,11H,5-6,10H2,(H2,18,19). The molecule has 0 radical (unpaired) electrons. The lowest BCUT2D eigenvalue weighted by molar-refractivity contribution is 0.286. The fraction of sp³-hybridized carbons (Fsp3) is 0.235. The molecular weight excluding hydrogens is 296 g/mol. The zero-order valence-electron chi connectivity index (χ0n) is 12.0. The normalized spacial score (nSPS) is 14.2. The number of thiazole rings is 1. The number of nitrogens with zero attached hydrogens (tertiary/aromatic N) is 1. The van der Waals surface area contributed by atoms with E-state index in [2.05, 4.69) is 4.98 Å². The molecule has 3 aromatic rings. The van der Waals surface area contributed by atoms with Gasteiger partial charge in [-0.1, -0.05) is 23.5 Å². The summed E-state index contributed by atoms with van der Waals surface area (Å²) in [6, 6.07) is 13.6. The van der Waals surface area contributed by atoms with Crippen LogP contribution >= 0.6 is 11.3 Å². The summed E-state index contributed by atoms with van der Waals surface area (Å²) in [5.74, 6) is 3.00. The summed E-state index contributed by atoms with van der Waals surface area (Å²) in [6.07, 6.45) is 2.54. The predicted molar refractivity (Wildman–Crippen MR) is 88.8 cm³/mol. The monoisotopic (exact) mass is 312 g/mol.